The van der Waals surface area contributed by atoms with Crippen LogP contribution in [0.1, 0.15) is 44.0 Å². The Hall–Kier alpha value is -2.41. The van der Waals surface area contributed by atoms with Crippen LogP contribution in [0.5, 0.6) is 0 Å². The zero-order valence-corrected chi connectivity index (χ0v) is 13.4. The highest BCUT2D eigenvalue weighted by molar-refractivity contribution is 5.67. The molecule has 2 rings (SSSR count). The van der Waals surface area contributed by atoms with Gasteiger partial charge in [-0.1, -0.05) is 35.5 Å². The molecule has 1 amide bonds. The molecule has 7 heteroatoms. The molecule has 0 aliphatic rings. The lowest BCUT2D eigenvalue weighted by molar-refractivity contribution is 0.0525. The maximum Gasteiger partial charge on any atom is 0.407 e. The number of rotatable bonds is 5. The van der Waals surface area contributed by atoms with Crippen LogP contribution in [0.25, 0.3) is 0 Å². The molecular weight excluding hydrogens is 298 g/mol. The quantitative estimate of drug-likeness (QED) is 0.877. The fourth-order valence-electron chi connectivity index (χ4n) is 2.01. The van der Waals surface area contributed by atoms with Crippen molar-refractivity contribution in [2.75, 3.05) is 6.54 Å². The first kappa shape index (κ1) is 17.0. The number of alkyl carbamates (subject to hydrolysis) is 1. The minimum Gasteiger partial charge on any atom is -0.444 e. The summed E-state index contributed by atoms with van der Waals surface area (Å²) in [6, 6.07) is 9.49. The van der Waals surface area contributed by atoms with E-state index in [4.69, 9.17) is 14.4 Å². The van der Waals surface area contributed by atoms with Crippen molar-refractivity contribution in [3.05, 3.63) is 47.6 Å². The van der Waals surface area contributed by atoms with E-state index in [1.807, 2.05) is 30.3 Å². The molecule has 0 fully saturated rings. The Balaban J connectivity index is 2.13. The van der Waals surface area contributed by atoms with Crippen LogP contribution in [0.2, 0.25) is 0 Å². The van der Waals surface area contributed by atoms with Crippen molar-refractivity contribution in [1.29, 1.82) is 0 Å². The number of ether oxygens (including phenoxy) is 1. The highest BCUT2D eigenvalue weighted by Crippen LogP contribution is 2.22. The molecule has 7 nitrogen and oxygen atoms in total. The minimum absolute atomic E-state index is 0.207. The molecule has 0 saturated carbocycles. The van der Waals surface area contributed by atoms with Crippen LogP contribution in [0, 0.1) is 0 Å². The molecule has 0 aliphatic heterocycles. The lowest BCUT2D eigenvalue weighted by Crippen LogP contribution is -2.35. The van der Waals surface area contributed by atoms with Crippen molar-refractivity contribution in [2.45, 2.75) is 38.9 Å². The molecule has 2 N–H and O–H groups in total. The number of carbonyl (C=O) groups excluding carboxylic acids is 1. The summed E-state index contributed by atoms with van der Waals surface area (Å²) in [6.45, 7) is 5.34. The summed E-state index contributed by atoms with van der Waals surface area (Å²) in [7, 11) is 0. The first-order chi connectivity index (χ1) is 10.9. The van der Waals surface area contributed by atoms with E-state index in [1.165, 1.54) is 0 Å². The summed E-state index contributed by atoms with van der Waals surface area (Å²) in [5.41, 5.74) is 0.345. The highest BCUT2D eigenvalue weighted by Gasteiger charge is 2.23. The molecule has 1 aromatic heterocycles. The van der Waals surface area contributed by atoms with Gasteiger partial charge in [0.2, 0.25) is 5.89 Å². The third kappa shape index (κ3) is 5.07. The molecule has 1 aromatic carbocycles. The first-order valence-corrected chi connectivity index (χ1v) is 7.34. The van der Waals surface area contributed by atoms with Gasteiger partial charge in [-0.25, -0.2) is 4.79 Å². The largest absolute Gasteiger partial charge is 0.444 e. The Bertz CT molecular complexity index is 634. The van der Waals surface area contributed by atoms with E-state index < -0.39 is 11.7 Å². The van der Waals surface area contributed by atoms with Crippen molar-refractivity contribution in [3.63, 3.8) is 0 Å². The smallest absolute Gasteiger partial charge is 0.407 e. The molecule has 1 unspecified atom stereocenters. The Labute approximate surface area is 134 Å². The number of aliphatic hydroxyl groups is 1. The van der Waals surface area contributed by atoms with Crippen molar-refractivity contribution in [3.8, 4) is 0 Å². The summed E-state index contributed by atoms with van der Waals surface area (Å²) in [6.07, 6.45) is -0.514. The molecule has 0 spiro atoms. The molecule has 2 aromatic rings. The summed E-state index contributed by atoms with van der Waals surface area (Å²) in [5, 5.41) is 15.5. The van der Waals surface area contributed by atoms with E-state index in [-0.39, 0.29) is 24.9 Å². The molecule has 124 valence electrons. The lowest BCUT2D eigenvalue weighted by Gasteiger charge is -2.21. The second-order valence-electron chi connectivity index (χ2n) is 6.05. The normalized spacial score (nSPS) is 12.7. The highest BCUT2D eigenvalue weighted by atomic mass is 16.6. The minimum atomic E-state index is -0.569. The van der Waals surface area contributed by atoms with Gasteiger partial charge in [-0.3, -0.25) is 0 Å². The third-order valence-corrected chi connectivity index (χ3v) is 2.97. The van der Waals surface area contributed by atoms with E-state index in [1.54, 1.807) is 20.8 Å². The van der Waals surface area contributed by atoms with Gasteiger partial charge in [0.25, 0.3) is 0 Å². The average molecular weight is 319 g/mol. The topological polar surface area (TPSA) is 97.5 Å². The first-order valence-electron chi connectivity index (χ1n) is 7.34. The lowest BCUT2D eigenvalue weighted by atomic mass is 9.99. The van der Waals surface area contributed by atoms with Gasteiger partial charge in [0, 0.05) is 6.54 Å². The van der Waals surface area contributed by atoms with E-state index in [0.717, 1.165) is 5.56 Å². The number of carbonyl (C=O) groups is 1. The van der Waals surface area contributed by atoms with Gasteiger partial charge in [0.15, 0.2) is 5.82 Å². The Morgan fingerprint density at radius 1 is 1.35 bits per heavy atom. The van der Waals surface area contributed by atoms with Crippen molar-refractivity contribution in [2.24, 2.45) is 0 Å². The van der Waals surface area contributed by atoms with E-state index in [9.17, 15) is 4.79 Å². The van der Waals surface area contributed by atoms with Gasteiger partial charge in [-0.2, -0.15) is 4.98 Å². The molecule has 0 bridgehead atoms. The monoisotopic (exact) mass is 319 g/mol. The Kier molecular flexibility index (Phi) is 5.33. The number of hydrogen-bond donors (Lipinski definition) is 2. The van der Waals surface area contributed by atoms with Gasteiger partial charge >= 0.3 is 6.09 Å². The van der Waals surface area contributed by atoms with Gasteiger partial charge < -0.3 is 19.7 Å². The van der Waals surface area contributed by atoms with Gasteiger partial charge in [-0.05, 0) is 26.3 Å². The number of hydrogen-bond acceptors (Lipinski definition) is 6. The van der Waals surface area contributed by atoms with Gasteiger partial charge in [0.1, 0.15) is 12.2 Å². The number of aromatic nitrogens is 2. The molecule has 23 heavy (non-hydrogen) atoms. The van der Waals surface area contributed by atoms with Crippen LogP contribution in [-0.4, -0.2) is 33.5 Å². The SMILES string of the molecule is CC(C)(C)OC(=O)NCC(c1ccccc1)c1nc(CO)no1. The van der Waals surface area contributed by atoms with Crippen LogP contribution >= 0.6 is 0 Å². The van der Waals surface area contributed by atoms with E-state index in [0.29, 0.717) is 5.89 Å². The van der Waals surface area contributed by atoms with Crippen LogP contribution in [0.15, 0.2) is 34.9 Å². The number of aliphatic hydroxyl groups excluding tert-OH is 1. The molecule has 0 radical (unpaired) electrons. The number of benzene rings is 1. The molecular formula is C16H21N3O4. The maximum absolute atomic E-state index is 11.8. The fourth-order valence-corrected chi connectivity index (χ4v) is 2.01. The van der Waals surface area contributed by atoms with Crippen LogP contribution < -0.4 is 5.32 Å². The van der Waals surface area contributed by atoms with Gasteiger partial charge in [0.05, 0.1) is 5.92 Å². The van der Waals surface area contributed by atoms with Crippen molar-refractivity contribution < 1.29 is 19.2 Å². The molecule has 1 atom stereocenters. The zero-order valence-electron chi connectivity index (χ0n) is 13.4. The standard InChI is InChI=1S/C16H21N3O4/c1-16(2,3)22-15(21)17-9-12(11-7-5-4-6-8-11)14-18-13(10-20)19-23-14/h4-8,12,20H,9-10H2,1-3H3,(H,17,21). The number of amides is 1. The van der Waals surface area contributed by atoms with E-state index in [2.05, 4.69) is 15.5 Å². The average Bonchev–Trinajstić information content (AvgIpc) is 2.95. The summed E-state index contributed by atoms with van der Waals surface area (Å²) < 4.78 is 10.4. The van der Waals surface area contributed by atoms with Crippen molar-refractivity contribution in [1.82, 2.24) is 15.5 Å². The predicted molar refractivity (Wildman–Crippen MR) is 82.7 cm³/mol. The zero-order chi connectivity index (χ0) is 16.9. The van der Waals surface area contributed by atoms with Gasteiger partial charge in [-0.15, -0.1) is 0 Å². The van der Waals surface area contributed by atoms with E-state index >= 15 is 0 Å². The Morgan fingerprint density at radius 3 is 2.61 bits per heavy atom. The maximum atomic E-state index is 11.8. The fraction of sp³-hybridized carbons (Fsp3) is 0.438. The van der Waals surface area contributed by atoms with Crippen LogP contribution in [-0.2, 0) is 11.3 Å². The van der Waals surface area contributed by atoms with Crippen LogP contribution in [0.3, 0.4) is 0 Å². The molecule has 1 heterocycles. The second kappa shape index (κ2) is 7.23. The van der Waals surface area contributed by atoms with Crippen molar-refractivity contribution >= 4 is 6.09 Å². The van der Waals surface area contributed by atoms with Crippen LogP contribution in [0.4, 0.5) is 4.79 Å². The predicted octanol–water partition coefficient (Wildman–Crippen LogP) is 2.22. The third-order valence-electron chi connectivity index (χ3n) is 2.97. The summed E-state index contributed by atoms with van der Waals surface area (Å²) in [4.78, 5) is 16.0. The number of nitrogens with one attached hydrogen (secondary N) is 1. The summed E-state index contributed by atoms with van der Waals surface area (Å²) >= 11 is 0. The second-order valence-corrected chi connectivity index (χ2v) is 6.05. The Morgan fingerprint density at radius 2 is 2.04 bits per heavy atom. The molecule has 0 saturated heterocycles. The summed E-state index contributed by atoms with van der Waals surface area (Å²) in [5.74, 6) is 0.214. The molecule has 0 aliphatic carbocycles. The number of nitrogens with zero attached hydrogens (tertiary/aromatic N) is 2.